The third-order valence-corrected chi connectivity index (χ3v) is 7.40. The molecule has 0 aliphatic carbocycles. The van der Waals surface area contributed by atoms with Gasteiger partial charge in [0, 0.05) is 17.3 Å². The highest BCUT2D eigenvalue weighted by Gasteiger charge is 2.27. The van der Waals surface area contributed by atoms with Crippen molar-refractivity contribution >= 4 is 56.4 Å². The Labute approximate surface area is 196 Å². The maximum atomic E-state index is 13.3. The lowest BCUT2D eigenvalue weighted by atomic mass is 10.2. The lowest BCUT2D eigenvalue weighted by Gasteiger charge is -2.22. The number of nitrogens with one attached hydrogen (secondary N) is 1. The Kier molecular flexibility index (Phi) is 7.62. The Bertz CT molecular complexity index is 1200. The van der Waals surface area contributed by atoms with Crippen molar-refractivity contribution in [2.75, 3.05) is 11.9 Å². The SMILES string of the molecule is Cc1ccc(S(=O)(=O)N(CC(=O)Nc2ccc(Cl)c(Cl)c2)Cc2ccccc2Cl)cc1. The van der Waals surface area contributed by atoms with Crippen LogP contribution in [0, 0.1) is 6.92 Å². The Morgan fingerprint density at radius 1 is 0.903 bits per heavy atom. The summed E-state index contributed by atoms with van der Waals surface area (Å²) in [6.45, 7) is 1.38. The van der Waals surface area contributed by atoms with Gasteiger partial charge in [-0.3, -0.25) is 4.79 Å². The van der Waals surface area contributed by atoms with Gasteiger partial charge in [-0.1, -0.05) is 70.7 Å². The first-order valence-corrected chi connectivity index (χ1v) is 11.8. The number of benzene rings is 3. The Balaban J connectivity index is 1.89. The summed E-state index contributed by atoms with van der Waals surface area (Å²) < 4.78 is 27.7. The van der Waals surface area contributed by atoms with Gasteiger partial charge in [0.1, 0.15) is 0 Å². The van der Waals surface area contributed by atoms with E-state index in [9.17, 15) is 13.2 Å². The molecule has 9 heteroatoms. The van der Waals surface area contributed by atoms with Crippen molar-refractivity contribution < 1.29 is 13.2 Å². The van der Waals surface area contributed by atoms with E-state index in [1.54, 1.807) is 48.5 Å². The van der Waals surface area contributed by atoms with Gasteiger partial charge in [0.25, 0.3) is 0 Å². The summed E-state index contributed by atoms with van der Waals surface area (Å²) >= 11 is 18.1. The van der Waals surface area contributed by atoms with Crippen LogP contribution < -0.4 is 5.32 Å². The third-order valence-electron chi connectivity index (χ3n) is 4.49. The zero-order chi connectivity index (χ0) is 22.6. The zero-order valence-corrected chi connectivity index (χ0v) is 19.6. The Hall–Kier alpha value is -2.09. The second-order valence-corrected chi connectivity index (χ2v) is 10.0. The molecule has 0 spiro atoms. The predicted molar refractivity (Wildman–Crippen MR) is 125 cm³/mol. The van der Waals surface area contributed by atoms with Gasteiger partial charge in [0.05, 0.1) is 21.5 Å². The highest BCUT2D eigenvalue weighted by Crippen LogP contribution is 2.26. The molecule has 1 amide bonds. The van der Waals surface area contributed by atoms with Crippen LogP contribution in [0.1, 0.15) is 11.1 Å². The van der Waals surface area contributed by atoms with Crippen LogP contribution in [0.15, 0.2) is 71.6 Å². The number of halogens is 3. The van der Waals surface area contributed by atoms with Crippen molar-refractivity contribution in [3.8, 4) is 0 Å². The van der Waals surface area contributed by atoms with Gasteiger partial charge in [-0.05, 0) is 48.9 Å². The first-order chi connectivity index (χ1) is 14.7. The minimum absolute atomic E-state index is 0.0648. The molecule has 0 atom stereocenters. The number of hydrogen-bond acceptors (Lipinski definition) is 3. The van der Waals surface area contributed by atoms with Crippen LogP contribution in [-0.2, 0) is 21.4 Å². The fourth-order valence-electron chi connectivity index (χ4n) is 2.84. The van der Waals surface area contributed by atoms with E-state index in [0.29, 0.717) is 21.3 Å². The average Bonchev–Trinajstić information content (AvgIpc) is 2.72. The van der Waals surface area contributed by atoms with Crippen LogP contribution in [0.4, 0.5) is 5.69 Å². The minimum atomic E-state index is -3.97. The lowest BCUT2D eigenvalue weighted by molar-refractivity contribution is -0.116. The Morgan fingerprint density at radius 2 is 1.58 bits per heavy atom. The molecule has 0 bridgehead atoms. The summed E-state index contributed by atoms with van der Waals surface area (Å²) in [5.41, 5.74) is 1.92. The standard InChI is InChI=1S/C22H19Cl3N2O3S/c1-15-6-9-18(10-7-15)31(29,30)27(13-16-4-2-3-5-19(16)23)14-22(28)26-17-8-11-20(24)21(25)12-17/h2-12H,13-14H2,1H3,(H,26,28). The van der Waals surface area contributed by atoms with Crippen molar-refractivity contribution in [1.29, 1.82) is 0 Å². The van der Waals surface area contributed by atoms with E-state index in [1.807, 2.05) is 6.92 Å². The fraction of sp³-hybridized carbons (Fsp3) is 0.136. The van der Waals surface area contributed by atoms with E-state index in [1.165, 1.54) is 18.2 Å². The van der Waals surface area contributed by atoms with E-state index in [4.69, 9.17) is 34.8 Å². The van der Waals surface area contributed by atoms with Gasteiger partial charge in [-0.2, -0.15) is 4.31 Å². The molecule has 31 heavy (non-hydrogen) atoms. The maximum Gasteiger partial charge on any atom is 0.243 e. The quantitative estimate of drug-likeness (QED) is 0.449. The van der Waals surface area contributed by atoms with Crippen LogP contribution in [0.25, 0.3) is 0 Å². The topological polar surface area (TPSA) is 66.5 Å². The predicted octanol–water partition coefficient (Wildman–Crippen LogP) is 5.78. The van der Waals surface area contributed by atoms with E-state index in [0.717, 1.165) is 9.87 Å². The number of nitrogens with zero attached hydrogens (tertiary/aromatic N) is 1. The monoisotopic (exact) mass is 496 g/mol. The molecule has 3 aromatic rings. The van der Waals surface area contributed by atoms with Crippen LogP contribution >= 0.6 is 34.8 Å². The second-order valence-electron chi connectivity index (χ2n) is 6.85. The smallest absolute Gasteiger partial charge is 0.243 e. The number of rotatable bonds is 7. The molecule has 3 aromatic carbocycles. The molecule has 0 radical (unpaired) electrons. The summed E-state index contributed by atoms with van der Waals surface area (Å²) in [5, 5.41) is 3.69. The van der Waals surface area contributed by atoms with Crippen molar-refractivity contribution in [3.05, 3.63) is 92.9 Å². The molecule has 0 aliphatic rings. The van der Waals surface area contributed by atoms with E-state index >= 15 is 0 Å². The Morgan fingerprint density at radius 3 is 2.23 bits per heavy atom. The minimum Gasteiger partial charge on any atom is -0.325 e. The van der Waals surface area contributed by atoms with Crippen molar-refractivity contribution in [2.45, 2.75) is 18.4 Å². The van der Waals surface area contributed by atoms with Crippen molar-refractivity contribution in [3.63, 3.8) is 0 Å². The summed E-state index contributed by atoms with van der Waals surface area (Å²) in [5.74, 6) is -0.527. The zero-order valence-electron chi connectivity index (χ0n) is 16.5. The van der Waals surface area contributed by atoms with E-state index < -0.39 is 22.5 Å². The first-order valence-electron chi connectivity index (χ1n) is 9.22. The second kappa shape index (κ2) is 10.0. The average molecular weight is 498 g/mol. The number of amides is 1. The van der Waals surface area contributed by atoms with Gasteiger partial charge in [0.15, 0.2) is 0 Å². The molecule has 0 aromatic heterocycles. The molecule has 1 N–H and O–H groups in total. The van der Waals surface area contributed by atoms with E-state index in [2.05, 4.69) is 5.32 Å². The molecule has 0 aliphatic heterocycles. The lowest BCUT2D eigenvalue weighted by Crippen LogP contribution is -2.37. The van der Waals surface area contributed by atoms with Gasteiger partial charge in [-0.25, -0.2) is 8.42 Å². The molecule has 5 nitrogen and oxygen atoms in total. The molecular formula is C22H19Cl3N2O3S. The normalized spacial score (nSPS) is 11.5. The number of anilines is 1. The highest BCUT2D eigenvalue weighted by atomic mass is 35.5. The largest absolute Gasteiger partial charge is 0.325 e. The molecular weight excluding hydrogens is 479 g/mol. The first kappa shape index (κ1) is 23.6. The van der Waals surface area contributed by atoms with Crippen LogP contribution in [0.3, 0.4) is 0 Å². The highest BCUT2D eigenvalue weighted by molar-refractivity contribution is 7.89. The summed E-state index contributed by atoms with van der Waals surface area (Å²) in [6.07, 6.45) is 0. The summed E-state index contributed by atoms with van der Waals surface area (Å²) in [7, 11) is -3.97. The molecule has 0 heterocycles. The molecule has 162 valence electrons. The van der Waals surface area contributed by atoms with Gasteiger partial charge >= 0.3 is 0 Å². The number of carbonyl (C=O) groups excluding carboxylic acids is 1. The van der Waals surface area contributed by atoms with E-state index in [-0.39, 0.29) is 16.5 Å². The summed E-state index contributed by atoms with van der Waals surface area (Å²) in [4.78, 5) is 12.8. The molecule has 0 fully saturated rings. The van der Waals surface area contributed by atoms with Gasteiger partial charge < -0.3 is 5.32 Å². The van der Waals surface area contributed by atoms with Gasteiger partial charge in [-0.15, -0.1) is 0 Å². The molecule has 0 unspecified atom stereocenters. The number of sulfonamides is 1. The number of carbonyl (C=O) groups is 1. The number of aryl methyl sites for hydroxylation is 1. The van der Waals surface area contributed by atoms with Crippen LogP contribution in [-0.4, -0.2) is 25.2 Å². The molecule has 0 saturated carbocycles. The van der Waals surface area contributed by atoms with Crippen molar-refractivity contribution in [2.24, 2.45) is 0 Å². The summed E-state index contributed by atoms with van der Waals surface area (Å²) in [6, 6.07) is 18.0. The van der Waals surface area contributed by atoms with Gasteiger partial charge in [0.2, 0.25) is 15.9 Å². The fourth-order valence-corrected chi connectivity index (χ4v) is 4.70. The maximum absolute atomic E-state index is 13.3. The van der Waals surface area contributed by atoms with Crippen LogP contribution in [0.2, 0.25) is 15.1 Å². The molecule has 3 rings (SSSR count). The number of hydrogen-bond donors (Lipinski definition) is 1. The third kappa shape index (κ3) is 5.99. The van der Waals surface area contributed by atoms with Crippen LogP contribution in [0.5, 0.6) is 0 Å². The van der Waals surface area contributed by atoms with Crippen molar-refractivity contribution in [1.82, 2.24) is 4.31 Å². The molecule has 0 saturated heterocycles.